The van der Waals surface area contributed by atoms with Gasteiger partial charge in [0, 0.05) is 0 Å². The van der Waals surface area contributed by atoms with Crippen LogP contribution in [0.15, 0.2) is 18.2 Å². The standard InChI is InChI=1S/C9H9F2N3/c10-9(11)5-14-8-3-6(4-12)1-2-7(8)13/h1-3,9,14H,5,13H2. The molecule has 0 unspecified atom stereocenters. The fraction of sp³-hybridized carbons (Fsp3) is 0.222. The largest absolute Gasteiger partial charge is 0.397 e. The first-order chi connectivity index (χ1) is 6.63. The summed E-state index contributed by atoms with van der Waals surface area (Å²) in [6, 6.07) is 6.38. The Morgan fingerprint density at radius 3 is 2.79 bits per heavy atom. The zero-order chi connectivity index (χ0) is 10.6. The summed E-state index contributed by atoms with van der Waals surface area (Å²) in [6.07, 6.45) is -2.44. The third-order valence-electron chi connectivity index (χ3n) is 1.63. The molecule has 0 saturated carbocycles. The molecule has 14 heavy (non-hydrogen) atoms. The van der Waals surface area contributed by atoms with Crippen molar-refractivity contribution in [2.75, 3.05) is 17.6 Å². The van der Waals surface area contributed by atoms with E-state index in [1.165, 1.54) is 18.2 Å². The molecule has 0 aliphatic carbocycles. The molecule has 0 radical (unpaired) electrons. The molecule has 3 N–H and O–H groups in total. The van der Waals surface area contributed by atoms with E-state index in [0.29, 0.717) is 16.9 Å². The van der Waals surface area contributed by atoms with Gasteiger partial charge in [-0.25, -0.2) is 8.78 Å². The van der Waals surface area contributed by atoms with E-state index in [1.807, 2.05) is 6.07 Å². The summed E-state index contributed by atoms with van der Waals surface area (Å²) in [5.41, 5.74) is 6.62. The normalized spacial score (nSPS) is 9.86. The van der Waals surface area contributed by atoms with Gasteiger partial charge >= 0.3 is 0 Å². The minimum absolute atomic E-state index is 0.352. The molecule has 1 aromatic carbocycles. The average Bonchev–Trinajstić information content (AvgIpc) is 2.16. The van der Waals surface area contributed by atoms with Gasteiger partial charge in [-0.1, -0.05) is 0 Å². The molecule has 0 atom stereocenters. The topological polar surface area (TPSA) is 61.8 Å². The third kappa shape index (κ3) is 2.59. The SMILES string of the molecule is N#Cc1ccc(N)c(NCC(F)F)c1. The summed E-state index contributed by atoms with van der Waals surface area (Å²) in [5.74, 6) is 0. The van der Waals surface area contributed by atoms with Crippen molar-refractivity contribution in [3.63, 3.8) is 0 Å². The number of hydrogen-bond acceptors (Lipinski definition) is 3. The van der Waals surface area contributed by atoms with Crippen LogP contribution in [0.5, 0.6) is 0 Å². The second kappa shape index (κ2) is 4.42. The van der Waals surface area contributed by atoms with Gasteiger partial charge in [0.05, 0.1) is 29.6 Å². The number of rotatable bonds is 3. The van der Waals surface area contributed by atoms with E-state index < -0.39 is 13.0 Å². The molecule has 1 rings (SSSR count). The van der Waals surface area contributed by atoms with Crippen molar-refractivity contribution < 1.29 is 8.78 Å². The van der Waals surface area contributed by atoms with Crippen LogP contribution in [0.1, 0.15) is 5.56 Å². The van der Waals surface area contributed by atoms with Gasteiger partial charge in [0.2, 0.25) is 0 Å². The molecular formula is C9H9F2N3. The molecule has 0 spiro atoms. The highest BCUT2D eigenvalue weighted by atomic mass is 19.3. The second-order valence-electron chi connectivity index (χ2n) is 2.69. The summed E-state index contributed by atoms with van der Waals surface area (Å²) in [6.45, 7) is -0.473. The highest BCUT2D eigenvalue weighted by Crippen LogP contribution is 2.19. The monoisotopic (exact) mass is 197 g/mol. The molecule has 0 fully saturated rings. The Labute approximate surface area is 80.1 Å². The number of nitrogens with one attached hydrogen (secondary N) is 1. The van der Waals surface area contributed by atoms with Crippen molar-refractivity contribution in [3.05, 3.63) is 23.8 Å². The van der Waals surface area contributed by atoms with Crippen LogP contribution in [-0.4, -0.2) is 13.0 Å². The first-order valence-electron chi connectivity index (χ1n) is 3.95. The molecular weight excluding hydrogens is 188 g/mol. The summed E-state index contributed by atoms with van der Waals surface area (Å²) in [4.78, 5) is 0. The minimum Gasteiger partial charge on any atom is -0.397 e. The van der Waals surface area contributed by atoms with Crippen LogP contribution in [0.2, 0.25) is 0 Å². The number of alkyl halides is 2. The Hall–Kier alpha value is -1.83. The number of nitrogens with two attached hydrogens (primary N) is 1. The molecule has 0 aliphatic heterocycles. The summed E-state index contributed by atoms with van der Waals surface area (Å²) >= 11 is 0. The minimum atomic E-state index is -2.44. The molecule has 0 amide bonds. The number of nitriles is 1. The van der Waals surface area contributed by atoms with E-state index in [-0.39, 0.29) is 0 Å². The predicted molar refractivity (Wildman–Crippen MR) is 50.1 cm³/mol. The molecule has 1 aromatic rings. The quantitative estimate of drug-likeness (QED) is 0.726. The lowest BCUT2D eigenvalue weighted by Crippen LogP contribution is -2.11. The molecule has 0 bridgehead atoms. The van der Waals surface area contributed by atoms with Crippen LogP contribution in [-0.2, 0) is 0 Å². The Bertz CT molecular complexity index is 358. The van der Waals surface area contributed by atoms with Gasteiger partial charge in [-0.3, -0.25) is 0 Å². The lowest BCUT2D eigenvalue weighted by atomic mass is 10.2. The van der Waals surface area contributed by atoms with Gasteiger partial charge in [-0.15, -0.1) is 0 Å². The van der Waals surface area contributed by atoms with Crippen molar-refractivity contribution in [1.29, 1.82) is 5.26 Å². The van der Waals surface area contributed by atoms with Gasteiger partial charge in [0.25, 0.3) is 6.43 Å². The van der Waals surface area contributed by atoms with Crippen molar-refractivity contribution in [3.8, 4) is 6.07 Å². The van der Waals surface area contributed by atoms with Gasteiger partial charge in [-0.05, 0) is 18.2 Å². The molecule has 0 saturated heterocycles. The number of nitrogen functional groups attached to an aromatic ring is 1. The van der Waals surface area contributed by atoms with E-state index in [9.17, 15) is 8.78 Å². The molecule has 5 heteroatoms. The Morgan fingerprint density at radius 1 is 1.50 bits per heavy atom. The number of halogens is 2. The summed E-state index contributed by atoms with van der Waals surface area (Å²) < 4.78 is 23.7. The van der Waals surface area contributed by atoms with Crippen molar-refractivity contribution in [2.45, 2.75) is 6.43 Å². The number of nitrogens with zero attached hydrogens (tertiary/aromatic N) is 1. The lowest BCUT2D eigenvalue weighted by Gasteiger charge is -2.08. The first kappa shape index (κ1) is 10.3. The maximum atomic E-state index is 11.9. The molecule has 0 aromatic heterocycles. The lowest BCUT2D eigenvalue weighted by molar-refractivity contribution is 0.163. The summed E-state index contributed by atoms with van der Waals surface area (Å²) in [7, 11) is 0. The van der Waals surface area contributed by atoms with Crippen molar-refractivity contribution in [1.82, 2.24) is 0 Å². The van der Waals surface area contributed by atoms with Crippen LogP contribution in [0.4, 0.5) is 20.2 Å². The van der Waals surface area contributed by atoms with Gasteiger partial charge in [0.15, 0.2) is 0 Å². The smallest absolute Gasteiger partial charge is 0.255 e. The molecule has 0 aliphatic rings. The fourth-order valence-corrected chi connectivity index (χ4v) is 0.966. The van der Waals surface area contributed by atoms with Gasteiger partial charge in [-0.2, -0.15) is 5.26 Å². The Kier molecular flexibility index (Phi) is 3.24. The van der Waals surface area contributed by atoms with Crippen molar-refractivity contribution >= 4 is 11.4 Å². The van der Waals surface area contributed by atoms with Crippen LogP contribution < -0.4 is 11.1 Å². The maximum absolute atomic E-state index is 11.9. The Morgan fingerprint density at radius 2 is 2.21 bits per heavy atom. The van der Waals surface area contributed by atoms with E-state index in [4.69, 9.17) is 11.0 Å². The fourth-order valence-electron chi connectivity index (χ4n) is 0.966. The average molecular weight is 197 g/mol. The second-order valence-corrected chi connectivity index (χ2v) is 2.69. The van der Waals surface area contributed by atoms with E-state index in [1.54, 1.807) is 0 Å². The maximum Gasteiger partial charge on any atom is 0.255 e. The van der Waals surface area contributed by atoms with Gasteiger partial charge < -0.3 is 11.1 Å². The van der Waals surface area contributed by atoms with Crippen LogP contribution in [0.25, 0.3) is 0 Å². The summed E-state index contributed by atoms with van der Waals surface area (Å²) in [5, 5.41) is 11.0. The number of hydrogen-bond donors (Lipinski definition) is 2. The van der Waals surface area contributed by atoms with E-state index in [2.05, 4.69) is 5.32 Å². The molecule has 0 heterocycles. The highest BCUT2D eigenvalue weighted by Gasteiger charge is 2.04. The van der Waals surface area contributed by atoms with Crippen LogP contribution in [0, 0.1) is 11.3 Å². The zero-order valence-electron chi connectivity index (χ0n) is 7.30. The first-order valence-corrected chi connectivity index (χ1v) is 3.95. The van der Waals surface area contributed by atoms with Crippen molar-refractivity contribution in [2.24, 2.45) is 0 Å². The van der Waals surface area contributed by atoms with E-state index in [0.717, 1.165) is 0 Å². The number of anilines is 2. The molecule has 3 nitrogen and oxygen atoms in total. The van der Waals surface area contributed by atoms with E-state index >= 15 is 0 Å². The van der Waals surface area contributed by atoms with Crippen LogP contribution in [0.3, 0.4) is 0 Å². The molecule has 74 valence electrons. The Balaban J connectivity index is 2.80. The number of benzene rings is 1. The zero-order valence-corrected chi connectivity index (χ0v) is 7.30. The highest BCUT2D eigenvalue weighted by molar-refractivity contribution is 5.68. The van der Waals surface area contributed by atoms with Gasteiger partial charge in [0.1, 0.15) is 0 Å². The predicted octanol–water partition coefficient (Wildman–Crippen LogP) is 1.82. The third-order valence-corrected chi connectivity index (χ3v) is 1.63. The van der Waals surface area contributed by atoms with Crippen LogP contribution >= 0.6 is 0 Å².